The Bertz CT molecular complexity index is 447. The molecule has 1 aliphatic heterocycles. The molecular formula is C14H28N2O3S. The third kappa shape index (κ3) is 4.45. The second kappa shape index (κ2) is 6.43. The average molecular weight is 304 g/mol. The molecule has 0 aromatic carbocycles. The monoisotopic (exact) mass is 304 g/mol. The van der Waals surface area contributed by atoms with Crippen LogP contribution in [0.3, 0.4) is 0 Å². The number of hydrogen-bond acceptors (Lipinski definition) is 4. The number of carbonyl (C=O) groups is 1. The summed E-state index contributed by atoms with van der Waals surface area (Å²) in [5, 5.41) is 3.42. The van der Waals surface area contributed by atoms with Crippen molar-refractivity contribution in [2.24, 2.45) is 5.92 Å². The third-order valence-corrected chi connectivity index (χ3v) is 4.94. The van der Waals surface area contributed by atoms with Gasteiger partial charge in [-0.05, 0) is 32.1 Å². The molecule has 2 atom stereocenters. The van der Waals surface area contributed by atoms with Crippen LogP contribution in [0, 0.1) is 5.92 Å². The molecule has 1 heterocycles. The molecule has 1 N–H and O–H groups in total. The lowest BCUT2D eigenvalue weighted by atomic mass is 9.99. The predicted octanol–water partition coefficient (Wildman–Crippen LogP) is 1.39. The standard InChI is InChI=1S/C14H28N2O3S/c1-6-14(4)13(17)16(8-7-9-20(5,18)19)12(15-14)10-11(2)3/h11-12,15H,6-10H2,1-5H3. The van der Waals surface area contributed by atoms with E-state index in [0.717, 1.165) is 12.8 Å². The van der Waals surface area contributed by atoms with Crippen LogP contribution in [0.25, 0.3) is 0 Å². The molecule has 0 aliphatic carbocycles. The molecule has 1 fully saturated rings. The Hall–Kier alpha value is -0.620. The summed E-state index contributed by atoms with van der Waals surface area (Å²) in [6.07, 6.45) is 3.38. The minimum absolute atomic E-state index is 0.0204. The number of carbonyl (C=O) groups excluding carboxylic acids is 1. The highest BCUT2D eigenvalue weighted by atomic mass is 32.2. The molecule has 1 rings (SSSR count). The van der Waals surface area contributed by atoms with E-state index in [-0.39, 0.29) is 17.8 Å². The van der Waals surface area contributed by atoms with Crippen LogP contribution in [-0.4, -0.2) is 49.5 Å². The molecule has 20 heavy (non-hydrogen) atoms. The topological polar surface area (TPSA) is 66.5 Å². The molecule has 2 unspecified atom stereocenters. The van der Waals surface area contributed by atoms with E-state index >= 15 is 0 Å². The molecule has 1 amide bonds. The summed E-state index contributed by atoms with van der Waals surface area (Å²) in [6.45, 7) is 8.69. The van der Waals surface area contributed by atoms with Crippen LogP contribution in [0.15, 0.2) is 0 Å². The fourth-order valence-electron chi connectivity index (χ4n) is 2.61. The van der Waals surface area contributed by atoms with Crippen molar-refractivity contribution in [3.8, 4) is 0 Å². The Morgan fingerprint density at radius 1 is 1.40 bits per heavy atom. The zero-order valence-electron chi connectivity index (χ0n) is 13.3. The second-order valence-electron chi connectivity index (χ2n) is 6.46. The summed E-state index contributed by atoms with van der Waals surface area (Å²) >= 11 is 0. The van der Waals surface area contributed by atoms with E-state index in [1.807, 2.05) is 18.7 Å². The number of nitrogens with zero attached hydrogens (tertiary/aromatic N) is 1. The van der Waals surface area contributed by atoms with Gasteiger partial charge in [0.25, 0.3) is 0 Å². The van der Waals surface area contributed by atoms with Crippen LogP contribution in [0.5, 0.6) is 0 Å². The summed E-state index contributed by atoms with van der Waals surface area (Å²) < 4.78 is 22.4. The number of hydrogen-bond donors (Lipinski definition) is 1. The van der Waals surface area contributed by atoms with E-state index in [9.17, 15) is 13.2 Å². The fourth-order valence-corrected chi connectivity index (χ4v) is 3.26. The van der Waals surface area contributed by atoms with Crippen LogP contribution in [-0.2, 0) is 14.6 Å². The van der Waals surface area contributed by atoms with Crippen molar-refractivity contribution in [1.82, 2.24) is 10.2 Å². The van der Waals surface area contributed by atoms with Crippen LogP contribution < -0.4 is 5.32 Å². The van der Waals surface area contributed by atoms with Gasteiger partial charge in [0.2, 0.25) is 5.91 Å². The molecule has 0 radical (unpaired) electrons. The Balaban J connectivity index is 2.74. The number of rotatable bonds is 7. The highest BCUT2D eigenvalue weighted by Crippen LogP contribution is 2.26. The summed E-state index contributed by atoms with van der Waals surface area (Å²) in [5.41, 5.74) is -0.509. The number of nitrogens with one attached hydrogen (secondary N) is 1. The first kappa shape index (κ1) is 17.4. The SMILES string of the molecule is CCC1(C)NC(CC(C)C)N(CCCS(C)(=O)=O)C1=O. The van der Waals surface area contributed by atoms with Gasteiger partial charge in [-0.2, -0.15) is 0 Å². The lowest BCUT2D eigenvalue weighted by Gasteiger charge is -2.25. The van der Waals surface area contributed by atoms with Gasteiger partial charge in [-0.1, -0.05) is 20.8 Å². The molecule has 5 nitrogen and oxygen atoms in total. The molecule has 0 saturated carbocycles. The predicted molar refractivity (Wildman–Crippen MR) is 81.1 cm³/mol. The molecule has 0 aromatic rings. The number of amides is 1. The van der Waals surface area contributed by atoms with E-state index < -0.39 is 15.4 Å². The van der Waals surface area contributed by atoms with Crippen molar-refractivity contribution in [2.75, 3.05) is 18.6 Å². The van der Waals surface area contributed by atoms with Gasteiger partial charge in [0, 0.05) is 12.8 Å². The molecular weight excluding hydrogens is 276 g/mol. The van der Waals surface area contributed by atoms with Crippen LogP contribution in [0.4, 0.5) is 0 Å². The van der Waals surface area contributed by atoms with Crippen LogP contribution >= 0.6 is 0 Å². The first-order valence-corrected chi connectivity index (χ1v) is 9.41. The Morgan fingerprint density at radius 3 is 2.45 bits per heavy atom. The molecule has 6 heteroatoms. The zero-order chi connectivity index (χ0) is 15.6. The van der Waals surface area contributed by atoms with Crippen molar-refractivity contribution in [3.63, 3.8) is 0 Å². The first-order chi connectivity index (χ1) is 9.09. The van der Waals surface area contributed by atoms with Gasteiger partial charge >= 0.3 is 0 Å². The van der Waals surface area contributed by atoms with E-state index in [4.69, 9.17) is 0 Å². The quantitative estimate of drug-likeness (QED) is 0.772. The maximum absolute atomic E-state index is 12.5. The molecule has 0 aromatic heterocycles. The lowest BCUT2D eigenvalue weighted by Crippen LogP contribution is -2.44. The molecule has 1 saturated heterocycles. The highest BCUT2D eigenvalue weighted by Gasteiger charge is 2.46. The van der Waals surface area contributed by atoms with Crippen molar-refractivity contribution < 1.29 is 13.2 Å². The summed E-state index contributed by atoms with van der Waals surface area (Å²) in [7, 11) is -2.97. The van der Waals surface area contributed by atoms with Crippen LogP contribution in [0.2, 0.25) is 0 Å². The van der Waals surface area contributed by atoms with Crippen molar-refractivity contribution in [2.45, 2.75) is 58.7 Å². The van der Waals surface area contributed by atoms with Crippen LogP contribution in [0.1, 0.15) is 47.0 Å². The van der Waals surface area contributed by atoms with Gasteiger partial charge in [0.1, 0.15) is 9.84 Å². The normalized spacial score (nSPS) is 27.6. The fraction of sp³-hybridized carbons (Fsp3) is 0.929. The minimum atomic E-state index is -2.97. The van der Waals surface area contributed by atoms with Gasteiger partial charge in [-0.15, -0.1) is 0 Å². The van der Waals surface area contributed by atoms with Crippen molar-refractivity contribution in [1.29, 1.82) is 0 Å². The molecule has 0 spiro atoms. The summed E-state index contributed by atoms with van der Waals surface area (Å²) in [6, 6.07) is 0. The van der Waals surface area contributed by atoms with Crippen molar-refractivity contribution >= 4 is 15.7 Å². The Labute approximate surface area is 123 Å². The van der Waals surface area contributed by atoms with Gasteiger partial charge in [-0.3, -0.25) is 10.1 Å². The van der Waals surface area contributed by atoms with E-state index in [1.54, 1.807) is 0 Å². The molecule has 118 valence electrons. The highest BCUT2D eigenvalue weighted by molar-refractivity contribution is 7.90. The zero-order valence-corrected chi connectivity index (χ0v) is 14.1. The molecule has 0 bridgehead atoms. The van der Waals surface area contributed by atoms with E-state index in [1.165, 1.54) is 6.26 Å². The smallest absolute Gasteiger partial charge is 0.243 e. The van der Waals surface area contributed by atoms with Gasteiger partial charge in [0.05, 0.1) is 17.5 Å². The largest absolute Gasteiger partial charge is 0.326 e. The second-order valence-corrected chi connectivity index (χ2v) is 8.72. The Kier molecular flexibility index (Phi) is 5.61. The van der Waals surface area contributed by atoms with Gasteiger partial charge < -0.3 is 4.90 Å². The number of sulfone groups is 1. The first-order valence-electron chi connectivity index (χ1n) is 7.35. The lowest BCUT2D eigenvalue weighted by molar-refractivity contribution is -0.133. The summed E-state index contributed by atoms with van der Waals surface area (Å²) in [5.74, 6) is 0.713. The van der Waals surface area contributed by atoms with E-state index in [2.05, 4.69) is 19.2 Å². The molecule has 1 aliphatic rings. The average Bonchev–Trinajstić information content (AvgIpc) is 2.52. The van der Waals surface area contributed by atoms with Gasteiger partial charge in [0.15, 0.2) is 0 Å². The van der Waals surface area contributed by atoms with Crippen molar-refractivity contribution in [3.05, 3.63) is 0 Å². The van der Waals surface area contributed by atoms with Gasteiger partial charge in [-0.25, -0.2) is 8.42 Å². The minimum Gasteiger partial charge on any atom is -0.326 e. The maximum atomic E-state index is 12.5. The van der Waals surface area contributed by atoms with E-state index in [0.29, 0.717) is 18.9 Å². The maximum Gasteiger partial charge on any atom is 0.243 e. The summed E-state index contributed by atoms with van der Waals surface area (Å²) in [4.78, 5) is 14.3. The Morgan fingerprint density at radius 2 is 2.00 bits per heavy atom. The third-order valence-electron chi connectivity index (χ3n) is 3.91.